The Balaban J connectivity index is 1.72. The third kappa shape index (κ3) is 4.61. The van der Waals surface area contributed by atoms with Crippen LogP contribution >= 0.6 is 22.7 Å². The fraction of sp³-hybridized carbons (Fsp3) is 0.167. The average molecular weight is 464 g/mol. The molecule has 32 heavy (non-hydrogen) atoms. The van der Waals surface area contributed by atoms with Gasteiger partial charge in [0.05, 0.1) is 28.0 Å². The molecule has 0 aliphatic rings. The highest BCUT2D eigenvalue weighted by Gasteiger charge is 2.19. The van der Waals surface area contributed by atoms with Crippen molar-refractivity contribution in [2.45, 2.75) is 27.2 Å². The molecule has 6 nitrogen and oxygen atoms in total. The Morgan fingerprint density at radius 3 is 2.56 bits per heavy atom. The number of rotatable bonds is 6. The number of carboxylic acids is 1. The van der Waals surface area contributed by atoms with E-state index in [9.17, 15) is 14.7 Å². The number of aryl methyl sites for hydroxylation is 2. The van der Waals surface area contributed by atoms with Crippen molar-refractivity contribution in [3.8, 4) is 0 Å². The molecular weight excluding hydrogens is 442 g/mol. The van der Waals surface area contributed by atoms with Crippen LogP contribution in [0.15, 0.2) is 47.8 Å². The van der Waals surface area contributed by atoms with Crippen LogP contribution in [-0.2, 0) is 9.59 Å². The topological polar surface area (TPSA) is 83.4 Å². The maximum atomic E-state index is 12.4. The Morgan fingerprint density at radius 2 is 1.88 bits per heavy atom. The minimum Gasteiger partial charge on any atom is -0.481 e. The van der Waals surface area contributed by atoms with Crippen molar-refractivity contribution in [3.05, 3.63) is 69.7 Å². The first-order chi connectivity index (χ1) is 15.3. The monoisotopic (exact) mass is 463 g/mol. The van der Waals surface area contributed by atoms with Gasteiger partial charge in [-0.25, -0.2) is 9.97 Å². The van der Waals surface area contributed by atoms with Gasteiger partial charge < -0.3 is 5.11 Å². The fourth-order valence-corrected chi connectivity index (χ4v) is 5.10. The van der Waals surface area contributed by atoms with Crippen LogP contribution in [0.2, 0.25) is 0 Å². The molecule has 0 bridgehead atoms. The quantitative estimate of drug-likeness (QED) is 0.375. The summed E-state index contributed by atoms with van der Waals surface area (Å²) < 4.78 is 0.996. The van der Waals surface area contributed by atoms with Gasteiger partial charge in [-0.1, -0.05) is 18.2 Å². The summed E-state index contributed by atoms with van der Waals surface area (Å²) in [5.41, 5.74) is 4.99. The molecular formula is C24H21N3O3S2. The zero-order valence-electron chi connectivity index (χ0n) is 17.8. The van der Waals surface area contributed by atoms with Crippen LogP contribution in [-0.4, -0.2) is 27.0 Å². The van der Waals surface area contributed by atoms with E-state index in [0.29, 0.717) is 21.4 Å². The molecule has 1 N–H and O–H groups in total. The number of amides is 1. The van der Waals surface area contributed by atoms with Crippen molar-refractivity contribution < 1.29 is 14.7 Å². The second kappa shape index (κ2) is 9.02. The maximum absolute atomic E-state index is 12.4. The van der Waals surface area contributed by atoms with Crippen molar-refractivity contribution >= 4 is 67.2 Å². The summed E-state index contributed by atoms with van der Waals surface area (Å²) in [5.74, 6) is -1.08. The first kappa shape index (κ1) is 21.9. The molecule has 2 heterocycles. The van der Waals surface area contributed by atoms with Gasteiger partial charge in [-0.2, -0.15) is 0 Å². The molecule has 0 radical (unpaired) electrons. The van der Waals surface area contributed by atoms with Gasteiger partial charge in [-0.05, 0) is 55.3 Å². The molecule has 0 aliphatic heterocycles. The van der Waals surface area contributed by atoms with Gasteiger partial charge in [0.15, 0.2) is 5.13 Å². The SMILES string of the molecule is CC(=O)N(c1ccc(C)c(C)c1)c1nc(/C=C(/CC(=O)O)c2nc3ccccc3s2)cs1. The van der Waals surface area contributed by atoms with Gasteiger partial charge in [0.25, 0.3) is 0 Å². The zero-order valence-corrected chi connectivity index (χ0v) is 19.5. The highest BCUT2D eigenvalue weighted by Crippen LogP contribution is 2.33. The molecule has 4 rings (SSSR count). The first-order valence-corrected chi connectivity index (χ1v) is 11.6. The van der Waals surface area contributed by atoms with E-state index >= 15 is 0 Å². The number of para-hydroxylation sites is 1. The molecule has 4 aromatic rings. The van der Waals surface area contributed by atoms with Gasteiger partial charge in [-0.15, -0.1) is 22.7 Å². The van der Waals surface area contributed by atoms with Gasteiger partial charge in [0.2, 0.25) is 5.91 Å². The summed E-state index contributed by atoms with van der Waals surface area (Å²) in [5, 5.41) is 12.4. The molecule has 0 unspecified atom stereocenters. The Kier molecular flexibility index (Phi) is 6.16. The van der Waals surface area contributed by atoms with E-state index in [1.807, 2.05) is 61.7 Å². The number of thiazole rings is 2. The third-order valence-electron chi connectivity index (χ3n) is 5.00. The molecule has 1 amide bonds. The zero-order chi connectivity index (χ0) is 22.8. The number of carboxylic acid groups (broad SMARTS) is 1. The highest BCUT2D eigenvalue weighted by atomic mass is 32.1. The van der Waals surface area contributed by atoms with Crippen LogP contribution in [0, 0.1) is 13.8 Å². The second-order valence-electron chi connectivity index (χ2n) is 7.40. The largest absolute Gasteiger partial charge is 0.481 e. The maximum Gasteiger partial charge on any atom is 0.307 e. The molecule has 0 aliphatic carbocycles. The lowest BCUT2D eigenvalue weighted by molar-refractivity contribution is -0.135. The summed E-state index contributed by atoms with van der Waals surface area (Å²) in [6.07, 6.45) is 1.57. The third-order valence-corrected chi connectivity index (χ3v) is 6.95. The first-order valence-electron chi connectivity index (χ1n) is 9.93. The van der Waals surface area contributed by atoms with Gasteiger partial charge in [0.1, 0.15) is 5.01 Å². The Morgan fingerprint density at radius 1 is 1.09 bits per heavy atom. The molecule has 2 aromatic heterocycles. The Bertz CT molecular complexity index is 1320. The number of carbonyl (C=O) groups is 2. The number of hydrogen-bond acceptors (Lipinski definition) is 6. The van der Waals surface area contributed by atoms with E-state index in [0.717, 1.165) is 27.0 Å². The van der Waals surface area contributed by atoms with Crippen LogP contribution in [0.5, 0.6) is 0 Å². The summed E-state index contributed by atoms with van der Waals surface area (Å²) in [6, 6.07) is 13.5. The number of nitrogens with zero attached hydrogens (tertiary/aromatic N) is 3. The lowest BCUT2D eigenvalue weighted by Crippen LogP contribution is -2.22. The summed E-state index contributed by atoms with van der Waals surface area (Å²) in [7, 11) is 0. The van der Waals surface area contributed by atoms with E-state index in [4.69, 9.17) is 0 Å². The minimum atomic E-state index is -0.938. The van der Waals surface area contributed by atoms with E-state index in [2.05, 4.69) is 9.97 Å². The van der Waals surface area contributed by atoms with Crippen molar-refractivity contribution in [3.63, 3.8) is 0 Å². The van der Waals surface area contributed by atoms with Crippen LogP contribution in [0.4, 0.5) is 10.8 Å². The predicted molar refractivity (Wildman–Crippen MR) is 131 cm³/mol. The van der Waals surface area contributed by atoms with Crippen LogP contribution < -0.4 is 4.90 Å². The Hall–Kier alpha value is -3.36. The van der Waals surface area contributed by atoms with E-state index in [1.54, 1.807) is 11.0 Å². The van der Waals surface area contributed by atoms with Crippen LogP contribution in [0.3, 0.4) is 0 Å². The number of hydrogen-bond donors (Lipinski definition) is 1. The molecule has 0 fully saturated rings. The molecule has 0 saturated heterocycles. The van der Waals surface area contributed by atoms with Crippen molar-refractivity contribution in [1.82, 2.24) is 9.97 Å². The smallest absolute Gasteiger partial charge is 0.307 e. The van der Waals surface area contributed by atoms with E-state index in [-0.39, 0.29) is 12.3 Å². The second-order valence-corrected chi connectivity index (χ2v) is 9.27. The summed E-state index contributed by atoms with van der Waals surface area (Å²) >= 11 is 2.79. The van der Waals surface area contributed by atoms with Crippen molar-refractivity contribution in [1.29, 1.82) is 0 Å². The number of aliphatic carboxylic acids is 1. The van der Waals surface area contributed by atoms with Gasteiger partial charge in [-0.3, -0.25) is 14.5 Å². The van der Waals surface area contributed by atoms with Gasteiger partial charge in [0, 0.05) is 17.9 Å². The summed E-state index contributed by atoms with van der Waals surface area (Å²) in [6.45, 7) is 5.53. The van der Waals surface area contributed by atoms with Gasteiger partial charge >= 0.3 is 5.97 Å². The van der Waals surface area contributed by atoms with Crippen molar-refractivity contribution in [2.75, 3.05) is 4.90 Å². The summed E-state index contributed by atoms with van der Waals surface area (Å²) in [4.78, 5) is 34.7. The van der Waals surface area contributed by atoms with E-state index < -0.39 is 5.97 Å². The lowest BCUT2D eigenvalue weighted by atomic mass is 10.1. The normalized spacial score (nSPS) is 11.7. The standard InChI is InChI=1S/C24H21N3O3S2/c1-14-8-9-19(10-15(14)2)27(16(3)28)24-25-18(13-31-24)11-17(12-22(29)30)23-26-20-6-4-5-7-21(20)32-23/h4-11,13H,12H2,1-3H3,(H,29,30)/b17-11-. The number of fused-ring (bicyclic) bond motifs is 1. The number of aromatic nitrogens is 2. The fourth-order valence-electron chi connectivity index (χ4n) is 3.28. The Labute approximate surface area is 193 Å². The lowest BCUT2D eigenvalue weighted by Gasteiger charge is -2.19. The number of anilines is 2. The number of benzene rings is 2. The molecule has 0 spiro atoms. The molecule has 0 atom stereocenters. The van der Waals surface area contributed by atoms with Crippen LogP contribution in [0.1, 0.15) is 35.2 Å². The minimum absolute atomic E-state index is 0.143. The highest BCUT2D eigenvalue weighted by molar-refractivity contribution is 7.19. The van der Waals surface area contributed by atoms with Crippen LogP contribution in [0.25, 0.3) is 21.9 Å². The molecule has 0 saturated carbocycles. The van der Waals surface area contributed by atoms with E-state index in [1.165, 1.54) is 29.6 Å². The predicted octanol–water partition coefficient (Wildman–Crippen LogP) is 6.07. The number of carbonyl (C=O) groups excluding carboxylic acids is 1. The van der Waals surface area contributed by atoms with Crippen molar-refractivity contribution in [2.24, 2.45) is 0 Å². The molecule has 8 heteroatoms. The molecule has 2 aromatic carbocycles. The average Bonchev–Trinajstić information content (AvgIpc) is 3.36. The molecule has 162 valence electrons.